The molecule has 1 unspecified atom stereocenters. The summed E-state index contributed by atoms with van der Waals surface area (Å²) in [5.74, 6) is 0. The van der Waals surface area contributed by atoms with E-state index in [1.807, 2.05) is 19.2 Å². The van der Waals surface area contributed by atoms with Crippen LogP contribution in [0.4, 0.5) is 5.69 Å². The number of halogens is 1. The van der Waals surface area contributed by atoms with Gasteiger partial charge in [0.25, 0.3) is 0 Å². The van der Waals surface area contributed by atoms with Gasteiger partial charge < -0.3 is 4.90 Å². The predicted octanol–water partition coefficient (Wildman–Crippen LogP) is 5.25. The zero-order valence-corrected chi connectivity index (χ0v) is 16.4. The summed E-state index contributed by atoms with van der Waals surface area (Å²) in [5, 5.41) is 9.71. The molecule has 1 spiro atoms. The first-order valence-corrected chi connectivity index (χ1v) is 9.89. The number of nitrogens with zero attached hydrogens (tertiary/aromatic N) is 3. The second-order valence-electron chi connectivity index (χ2n) is 7.72. The Labute approximate surface area is 169 Å². The van der Waals surface area contributed by atoms with Crippen molar-refractivity contribution in [1.29, 1.82) is 0 Å². The monoisotopic (exact) mass is 383 g/mol. The van der Waals surface area contributed by atoms with Crippen molar-refractivity contribution in [3.8, 4) is 11.1 Å². The highest BCUT2D eigenvalue weighted by Crippen LogP contribution is 2.62. The van der Waals surface area contributed by atoms with Crippen molar-refractivity contribution in [1.82, 2.24) is 10.2 Å². The van der Waals surface area contributed by atoms with Crippen molar-refractivity contribution in [3.63, 3.8) is 0 Å². The van der Waals surface area contributed by atoms with Crippen LogP contribution in [0.1, 0.15) is 28.1 Å². The van der Waals surface area contributed by atoms with Crippen molar-refractivity contribution >= 4 is 17.3 Å². The van der Waals surface area contributed by atoms with Gasteiger partial charge in [-0.1, -0.05) is 66.2 Å². The highest BCUT2D eigenvalue weighted by molar-refractivity contribution is 6.31. The number of benzene rings is 2. The minimum Gasteiger partial charge on any atom is -0.336 e. The molecule has 136 valence electrons. The Morgan fingerprint density at radius 3 is 2.18 bits per heavy atom. The number of allylic oxidation sites excluding steroid dienone is 2. The van der Waals surface area contributed by atoms with Crippen molar-refractivity contribution in [2.45, 2.75) is 25.3 Å². The highest BCUT2D eigenvalue weighted by Gasteiger charge is 2.58. The van der Waals surface area contributed by atoms with Gasteiger partial charge in [0, 0.05) is 11.8 Å². The summed E-state index contributed by atoms with van der Waals surface area (Å²) in [6.45, 7) is 4.11. The number of anilines is 1. The molecule has 1 aliphatic carbocycles. The molecule has 0 amide bonds. The molecular formula is C24H18ClN3. The van der Waals surface area contributed by atoms with Gasteiger partial charge in [-0.2, -0.15) is 10.2 Å². The lowest BCUT2D eigenvalue weighted by Crippen LogP contribution is -2.43. The molecule has 1 atom stereocenters. The van der Waals surface area contributed by atoms with E-state index in [2.05, 4.69) is 76.6 Å². The lowest BCUT2D eigenvalue weighted by molar-refractivity contribution is 0.579. The summed E-state index contributed by atoms with van der Waals surface area (Å²) in [7, 11) is 0. The topological polar surface area (TPSA) is 29.0 Å². The van der Waals surface area contributed by atoms with E-state index in [-0.39, 0.29) is 11.5 Å². The molecule has 2 aliphatic heterocycles. The van der Waals surface area contributed by atoms with Gasteiger partial charge in [0.2, 0.25) is 0 Å². The molecule has 0 bridgehead atoms. The van der Waals surface area contributed by atoms with E-state index in [9.17, 15) is 0 Å². The number of rotatable bonds is 0. The Morgan fingerprint density at radius 2 is 1.50 bits per heavy atom. The Balaban J connectivity index is 1.83. The van der Waals surface area contributed by atoms with Gasteiger partial charge in [0.05, 0.1) is 33.6 Å². The average Bonchev–Trinajstić information content (AvgIpc) is 3.18. The number of aryl methyl sites for hydroxylation is 2. The van der Waals surface area contributed by atoms with Gasteiger partial charge in [0.15, 0.2) is 0 Å². The molecular weight excluding hydrogens is 366 g/mol. The SMILES string of the molecule is Cc1nnc(C)c2c1N1C=C(Cl)C=CC1C21c2ccccc2-c2ccccc21. The number of fused-ring (bicyclic) bond motifs is 10. The normalized spacial score (nSPS) is 19.9. The molecule has 3 heterocycles. The van der Waals surface area contributed by atoms with E-state index in [1.165, 1.54) is 27.8 Å². The van der Waals surface area contributed by atoms with Gasteiger partial charge in [-0.15, -0.1) is 0 Å². The smallest absolute Gasteiger partial charge is 0.0840 e. The Morgan fingerprint density at radius 1 is 0.893 bits per heavy atom. The van der Waals surface area contributed by atoms with Crippen LogP contribution in [-0.2, 0) is 5.41 Å². The first-order chi connectivity index (χ1) is 13.6. The van der Waals surface area contributed by atoms with Gasteiger partial charge in [-0.25, -0.2) is 0 Å². The quantitative estimate of drug-likeness (QED) is 0.531. The Kier molecular flexibility index (Phi) is 3.06. The molecule has 6 rings (SSSR count). The first-order valence-electron chi connectivity index (χ1n) is 9.51. The zero-order chi connectivity index (χ0) is 19.0. The Bertz CT molecular complexity index is 1180. The highest BCUT2D eigenvalue weighted by atomic mass is 35.5. The molecule has 1 aromatic heterocycles. The van der Waals surface area contributed by atoms with E-state index >= 15 is 0 Å². The van der Waals surface area contributed by atoms with Crippen LogP contribution >= 0.6 is 11.6 Å². The van der Waals surface area contributed by atoms with Crippen LogP contribution in [0.3, 0.4) is 0 Å². The van der Waals surface area contributed by atoms with Crippen molar-refractivity contribution in [2.24, 2.45) is 0 Å². The summed E-state index contributed by atoms with van der Waals surface area (Å²) in [5.41, 5.74) is 9.22. The lowest BCUT2D eigenvalue weighted by atomic mass is 9.68. The van der Waals surface area contributed by atoms with Gasteiger partial charge in [-0.3, -0.25) is 0 Å². The third-order valence-electron chi connectivity index (χ3n) is 6.38. The summed E-state index contributed by atoms with van der Waals surface area (Å²) < 4.78 is 0. The number of aromatic nitrogens is 2. The van der Waals surface area contributed by atoms with Crippen LogP contribution in [0, 0.1) is 13.8 Å². The summed E-state index contributed by atoms with van der Waals surface area (Å²) in [6, 6.07) is 17.6. The fraction of sp³-hybridized carbons (Fsp3) is 0.167. The van der Waals surface area contributed by atoms with Crippen LogP contribution in [0.15, 0.2) is 71.9 Å². The van der Waals surface area contributed by atoms with Crippen molar-refractivity contribution < 1.29 is 0 Å². The Hall–Kier alpha value is -2.91. The fourth-order valence-electron chi connectivity index (χ4n) is 5.48. The maximum Gasteiger partial charge on any atom is 0.0840 e. The second kappa shape index (κ2) is 5.33. The average molecular weight is 384 g/mol. The van der Waals surface area contributed by atoms with Crippen LogP contribution in [0.5, 0.6) is 0 Å². The molecule has 3 aromatic rings. The van der Waals surface area contributed by atoms with Crippen LogP contribution in [0.2, 0.25) is 0 Å². The number of hydrogen-bond donors (Lipinski definition) is 0. The van der Waals surface area contributed by atoms with E-state index in [0.29, 0.717) is 0 Å². The van der Waals surface area contributed by atoms with Gasteiger partial charge in [0.1, 0.15) is 0 Å². The van der Waals surface area contributed by atoms with Crippen LogP contribution < -0.4 is 4.90 Å². The molecule has 0 saturated heterocycles. The maximum absolute atomic E-state index is 6.43. The third-order valence-corrected chi connectivity index (χ3v) is 6.60. The van der Waals surface area contributed by atoms with E-state index < -0.39 is 0 Å². The van der Waals surface area contributed by atoms with Crippen molar-refractivity contribution in [2.75, 3.05) is 4.90 Å². The maximum atomic E-state index is 6.43. The first kappa shape index (κ1) is 16.1. The number of hydrogen-bond acceptors (Lipinski definition) is 3. The van der Waals surface area contributed by atoms with Gasteiger partial charge in [-0.05, 0) is 42.2 Å². The van der Waals surface area contributed by atoms with Crippen molar-refractivity contribution in [3.05, 3.63) is 100.0 Å². The fourth-order valence-corrected chi connectivity index (χ4v) is 5.66. The summed E-state index contributed by atoms with van der Waals surface area (Å²) in [4.78, 5) is 2.30. The molecule has 3 nitrogen and oxygen atoms in total. The van der Waals surface area contributed by atoms with Crippen LogP contribution in [-0.4, -0.2) is 16.2 Å². The largest absolute Gasteiger partial charge is 0.336 e. The molecule has 3 aliphatic rings. The minimum absolute atomic E-state index is 0.0956. The standard InChI is InChI=1S/C24H18ClN3/c1-14-22-23(15(2)27-26-14)28-13-16(25)11-12-21(28)24(22)19-9-5-3-7-17(19)18-8-4-6-10-20(18)24/h3-13,21H,1-2H3. The molecule has 0 fully saturated rings. The summed E-state index contributed by atoms with van der Waals surface area (Å²) >= 11 is 6.43. The molecule has 2 aromatic carbocycles. The van der Waals surface area contributed by atoms with Gasteiger partial charge >= 0.3 is 0 Å². The second-order valence-corrected chi connectivity index (χ2v) is 8.16. The molecule has 4 heteroatoms. The predicted molar refractivity (Wildman–Crippen MR) is 113 cm³/mol. The lowest BCUT2D eigenvalue weighted by Gasteiger charge is -2.37. The summed E-state index contributed by atoms with van der Waals surface area (Å²) in [6.07, 6.45) is 6.29. The zero-order valence-electron chi connectivity index (χ0n) is 15.6. The third kappa shape index (κ3) is 1.71. The van der Waals surface area contributed by atoms with E-state index in [1.54, 1.807) is 0 Å². The minimum atomic E-state index is -0.322. The molecule has 0 saturated carbocycles. The molecule has 0 N–H and O–H groups in total. The van der Waals surface area contributed by atoms with Crippen LogP contribution in [0.25, 0.3) is 11.1 Å². The molecule has 0 radical (unpaired) electrons. The van der Waals surface area contributed by atoms with E-state index in [0.717, 1.165) is 22.1 Å². The molecule has 28 heavy (non-hydrogen) atoms. The van der Waals surface area contributed by atoms with E-state index in [4.69, 9.17) is 11.6 Å².